The Balaban J connectivity index is 1.60. The molecule has 2 unspecified atom stereocenters. The van der Waals surface area contributed by atoms with Gasteiger partial charge in [0.2, 0.25) is 0 Å². The van der Waals surface area contributed by atoms with Crippen LogP contribution >= 0.6 is 0 Å². The number of aliphatic hydroxyl groups is 1. The lowest BCUT2D eigenvalue weighted by molar-refractivity contribution is 0.182. The first-order valence-corrected chi connectivity index (χ1v) is 9.16. The molecule has 1 aliphatic rings. The summed E-state index contributed by atoms with van der Waals surface area (Å²) in [7, 11) is 1.98. The molecule has 2 atom stereocenters. The SMILES string of the molecule is CN1CC(O)CC1CCOc1ccc(F)cc1CCc1ccc(F)c(F)c1. The zero-order chi connectivity index (χ0) is 19.4. The van der Waals surface area contributed by atoms with E-state index in [4.69, 9.17) is 4.74 Å². The van der Waals surface area contributed by atoms with Crippen LogP contribution in [0.25, 0.3) is 0 Å². The van der Waals surface area contributed by atoms with Crippen LogP contribution in [-0.4, -0.2) is 42.4 Å². The Labute approximate surface area is 157 Å². The predicted molar refractivity (Wildman–Crippen MR) is 97.3 cm³/mol. The number of likely N-dealkylation sites (tertiary alicyclic amines) is 1. The average molecular weight is 379 g/mol. The Kier molecular flexibility index (Phi) is 6.39. The van der Waals surface area contributed by atoms with Crippen molar-refractivity contribution in [2.24, 2.45) is 0 Å². The van der Waals surface area contributed by atoms with E-state index in [2.05, 4.69) is 4.90 Å². The van der Waals surface area contributed by atoms with Crippen LogP contribution in [0.3, 0.4) is 0 Å². The fraction of sp³-hybridized carbons (Fsp3) is 0.429. The lowest BCUT2D eigenvalue weighted by Crippen LogP contribution is -2.26. The Morgan fingerprint density at radius 1 is 1.07 bits per heavy atom. The lowest BCUT2D eigenvalue weighted by Gasteiger charge is -2.19. The van der Waals surface area contributed by atoms with Gasteiger partial charge in [-0.1, -0.05) is 6.07 Å². The fourth-order valence-corrected chi connectivity index (χ4v) is 3.55. The van der Waals surface area contributed by atoms with Crippen molar-refractivity contribution in [3.63, 3.8) is 0 Å². The van der Waals surface area contributed by atoms with E-state index in [9.17, 15) is 18.3 Å². The van der Waals surface area contributed by atoms with Crippen LogP contribution in [0.4, 0.5) is 13.2 Å². The van der Waals surface area contributed by atoms with Gasteiger partial charge in [-0.25, -0.2) is 13.2 Å². The van der Waals surface area contributed by atoms with E-state index in [0.29, 0.717) is 42.9 Å². The second kappa shape index (κ2) is 8.76. The maximum Gasteiger partial charge on any atom is 0.159 e. The van der Waals surface area contributed by atoms with Gasteiger partial charge < -0.3 is 14.7 Å². The summed E-state index contributed by atoms with van der Waals surface area (Å²) in [6, 6.07) is 8.42. The van der Waals surface area contributed by atoms with Crippen molar-refractivity contribution in [2.75, 3.05) is 20.2 Å². The minimum Gasteiger partial charge on any atom is -0.493 e. The maximum atomic E-state index is 13.7. The van der Waals surface area contributed by atoms with Gasteiger partial charge in [-0.2, -0.15) is 0 Å². The zero-order valence-corrected chi connectivity index (χ0v) is 15.3. The molecule has 3 rings (SSSR count). The molecule has 1 N–H and O–H groups in total. The molecule has 0 aliphatic carbocycles. The van der Waals surface area contributed by atoms with Gasteiger partial charge in [-0.15, -0.1) is 0 Å². The zero-order valence-electron chi connectivity index (χ0n) is 15.3. The molecule has 0 radical (unpaired) electrons. The van der Waals surface area contributed by atoms with Crippen LogP contribution in [0.2, 0.25) is 0 Å². The number of rotatable bonds is 7. The molecule has 2 aromatic carbocycles. The quantitative estimate of drug-likeness (QED) is 0.796. The number of benzene rings is 2. The van der Waals surface area contributed by atoms with Gasteiger partial charge in [0.15, 0.2) is 11.6 Å². The van der Waals surface area contributed by atoms with Crippen LogP contribution < -0.4 is 4.74 Å². The number of aliphatic hydroxyl groups excluding tert-OH is 1. The molecule has 0 spiro atoms. The number of aryl methyl sites for hydroxylation is 2. The van der Waals surface area contributed by atoms with Gasteiger partial charge in [0.25, 0.3) is 0 Å². The first-order chi connectivity index (χ1) is 12.9. The number of hydrogen-bond acceptors (Lipinski definition) is 3. The van der Waals surface area contributed by atoms with Crippen molar-refractivity contribution in [1.82, 2.24) is 4.90 Å². The van der Waals surface area contributed by atoms with E-state index in [1.807, 2.05) is 7.05 Å². The van der Waals surface area contributed by atoms with Crippen molar-refractivity contribution in [3.05, 3.63) is 65.0 Å². The molecule has 2 aromatic rings. The van der Waals surface area contributed by atoms with E-state index < -0.39 is 11.6 Å². The second-order valence-electron chi connectivity index (χ2n) is 7.12. The Morgan fingerprint density at radius 3 is 2.59 bits per heavy atom. The summed E-state index contributed by atoms with van der Waals surface area (Å²) in [6.45, 7) is 1.13. The molecule has 1 aliphatic heterocycles. The molecular formula is C21H24F3NO2. The van der Waals surface area contributed by atoms with Gasteiger partial charge in [0.05, 0.1) is 12.7 Å². The average Bonchev–Trinajstić information content (AvgIpc) is 2.95. The normalized spacial score (nSPS) is 20.2. The van der Waals surface area contributed by atoms with E-state index in [1.54, 1.807) is 6.07 Å². The van der Waals surface area contributed by atoms with Gasteiger partial charge >= 0.3 is 0 Å². The minimum absolute atomic E-state index is 0.270. The number of β-amino-alcohol motifs (C(OH)–C–C–N with tert-alkyl or cyclic N) is 1. The Morgan fingerprint density at radius 2 is 1.89 bits per heavy atom. The molecule has 1 saturated heterocycles. The summed E-state index contributed by atoms with van der Waals surface area (Å²) in [6.07, 6.45) is 2.12. The lowest BCUT2D eigenvalue weighted by atomic mass is 10.0. The van der Waals surface area contributed by atoms with Crippen molar-refractivity contribution >= 4 is 0 Å². The molecule has 0 aromatic heterocycles. The molecule has 0 amide bonds. The summed E-state index contributed by atoms with van der Waals surface area (Å²) in [4.78, 5) is 2.11. The molecule has 27 heavy (non-hydrogen) atoms. The Bertz CT molecular complexity index is 784. The largest absolute Gasteiger partial charge is 0.493 e. The summed E-state index contributed by atoms with van der Waals surface area (Å²) in [5.74, 6) is -1.52. The fourth-order valence-electron chi connectivity index (χ4n) is 3.55. The third kappa shape index (κ3) is 5.23. The van der Waals surface area contributed by atoms with Gasteiger partial charge in [0.1, 0.15) is 11.6 Å². The van der Waals surface area contributed by atoms with E-state index >= 15 is 0 Å². The van der Waals surface area contributed by atoms with Crippen LogP contribution in [0.5, 0.6) is 5.75 Å². The summed E-state index contributed by atoms with van der Waals surface area (Å²) >= 11 is 0. The molecule has 3 nitrogen and oxygen atoms in total. The maximum absolute atomic E-state index is 13.7. The topological polar surface area (TPSA) is 32.7 Å². The number of halogens is 3. The van der Waals surface area contributed by atoms with Crippen LogP contribution in [0.15, 0.2) is 36.4 Å². The summed E-state index contributed by atoms with van der Waals surface area (Å²) in [5.41, 5.74) is 1.34. The first-order valence-electron chi connectivity index (χ1n) is 9.16. The van der Waals surface area contributed by atoms with Crippen molar-refractivity contribution < 1.29 is 23.0 Å². The number of hydrogen-bond donors (Lipinski definition) is 1. The summed E-state index contributed by atoms with van der Waals surface area (Å²) in [5, 5.41) is 9.70. The smallest absolute Gasteiger partial charge is 0.159 e. The molecule has 0 saturated carbocycles. The minimum atomic E-state index is -0.883. The highest BCUT2D eigenvalue weighted by Crippen LogP contribution is 2.24. The van der Waals surface area contributed by atoms with Crippen LogP contribution in [0, 0.1) is 17.5 Å². The van der Waals surface area contributed by atoms with E-state index in [-0.39, 0.29) is 18.0 Å². The Hall–Kier alpha value is -2.05. The molecule has 6 heteroatoms. The third-order valence-corrected chi connectivity index (χ3v) is 5.06. The van der Waals surface area contributed by atoms with Crippen molar-refractivity contribution in [2.45, 2.75) is 37.8 Å². The highest BCUT2D eigenvalue weighted by atomic mass is 19.2. The molecule has 0 bridgehead atoms. The van der Waals surface area contributed by atoms with Gasteiger partial charge in [-0.3, -0.25) is 0 Å². The molecule has 1 heterocycles. The first kappa shape index (κ1) is 19.7. The number of likely N-dealkylation sites (N-methyl/N-ethyl adjacent to an activating group) is 1. The number of ether oxygens (including phenoxy) is 1. The highest BCUT2D eigenvalue weighted by Gasteiger charge is 2.27. The van der Waals surface area contributed by atoms with Gasteiger partial charge in [0, 0.05) is 12.6 Å². The molecule has 1 fully saturated rings. The van der Waals surface area contributed by atoms with E-state index in [1.165, 1.54) is 18.2 Å². The standard InChI is InChI=1S/C21H24F3NO2/c1-25-13-18(26)12-17(25)8-9-27-21-7-5-16(22)11-15(21)4-2-14-3-6-19(23)20(24)10-14/h3,5-7,10-11,17-18,26H,2,4,8-9,12-13H2,1H3. The number of nitrogens with zero attached hydrogens (tertiary/aromatic N) is 1. The molecular weight excluding hydrogens is 355 g/mol. The van der Waals surface area contributed by atoms with Crippen LogP contribution in [0.1, 0.15) is 24.0 Å². The van der Waals surface area contributed by atoms with Crippen LogP contribution in [-0.2, 0) is 12.8 Å². The van der Waals surface area contributed by atoms with Crippen molar-refractivity contribution in [3.8, 4) is 5.75 Å². The van der Waals surface area contributed by atoms with E-state index in [0.717, 1.165) is 25.0 Å². The second-order valence-corrected chi connectivity index (χ2v) is 7.12. The van der Waals surface area contributed by atoms with Crippen molar-refractivity contribution in [1.29, 1.82) is 0 Å². The monoisotopic (exact) mass is 379 g/mol. The third-order valence-electron chi connectivity index (χ3n) is 5.06. The summed E-state index contributed by atoms with van der Waals surface area (Å²) < 4.78 is 45.9. The predicted octanol–water partition coefficient (Wildman–Crippen LogP) is 3.72. The highest BCUT2D eigenvalue weighted by molar-refractivity contribution is 5.35. The molecule has 146 valence electrons. The van der Waals surface area contributed by atoms with Gasteiger partial charge in [-0.05, 0) is 74.2 Å².